The van der Waals surface area contributed by atoms with E-state index in [1.54, 1.807) is 14.0 Å². The molecule has 130 valence electrons. The smallest absolute Gasteiger partial charge is 0.232 e. The van der Waals surface area contributed by atoms with E-state index >= 15 is 0 Å². The summed E-state index contributed by atoms with van der Waals surface area (Å²) < 4.78 is 10.8. The summed E-state index contributed by atoms with van der Waals surface area (Å²) in [7, 11) is 1.63. The van der Waals surface area contributed by atoms with Crippen LogP contribution in [0.25, 0.3) is 11.1 Å². The maximum absolute atomic E-state index is 13.0. The summed E-state index contributed by atoms with van der Waals surface area (Å²) in [6.45, 7) is 5.86. The molecule has 0 fully saturated rings. The van der Waals surface area contributed by atoms with Gasteiger partial charge in [0.05, 0.1) is 18.7 Å². The maximum atomic E-state index is 13.0. The first-order valence-corrected chi connectivity index (χ1v) is 8.30. The molecule has 1 unspecified atom stereocenters. The molecule has 0 saturated carbocycles. The number of rotatable bonds is 5. The Kier molecular flexibility index (Phi) is 4.74. The van der Waals surface area contributed by atoms with Crippen molar-refractivity contribution < 1.29 is 13.9 Å². The van der Waals surface area contributed by atoms with Gasteiger partial charge < -0.3 is 14.5 Å². The number of para-hydroxylation sites is 1. The number of hydrogen-bond donors (Lipinski definition) is 1. The van der Waals surface area contributed by atoms with Crippen molar-refractivity contribution in [3.8, 4) is 5.75 Å². The van der Waals surface area contributed by atoms with Crippen LogP contribution in [0.3, 0.4) is 0 Å². The van der Waals surface area contributed by atoms with E-state index in [0.29, 0.717) is 17.2 Å². The zero-order valence-electron chi connectivity index (χ0n) is 14.9. The Balaban J connectivity index is 1.90. The summed E-state index contributed by atoms with van der Waals surface area (Å²) >= 11 is 0. The fraction of sp³-hybridized carbons (Fsp3) is 0.300. The predicted molar refractivity (Wildman–Crippen MR) is 97.9 cm³/mol. The number of hydrogen-bond acceptors (Lipinski definition) is 4. The number of anilines is 1. The van der Waals surface area contributed by atoms with Crippen LogP contribution in [0, 0.1) is 12.8 Å². The van der Waals surface area contributed by atoms with E-state index in [9.17, 15) is 4.79 Å². The topological polar surface area (TPSA) is 64.4 Å². The molecule has 1 amide bonds. The third-order valence-electron chi connectivity index (χ3n) is 4.20. The molecule has 5 nitrogen and oxygen atoms in total. The van der Waals surface area contributed by atoms with Crippen LogP contribution in [0.5, 0.6) is 5.75 Å². The molecule has 0 aliphatic rings. The van der Waals surface area contributed by atoms with Crippen LogP contribution in [-0.2, 0) is 4.79 Å². The van der Waals surface area contributed by atoms with E-state index in [0.717, 1.165) is 16.8 Å². The molecule has 5 heteroatoms. The number of benzene rings is 2. The van der Waals surface area contributed by atoms with Crippen molar-refractivity contribution in [1.82, 2.24) is 4.98 Å². The minimum absolute atomic E-state index is 0.0679. The Hall–Kier alpha value is -2.82. The van der Waals surface area contributed by atoms with Crippen molar-refractivity contribution in [3.05, 3.63) is 53.9 Å². The predicted octanol–water partition coefficient (Wildman–Crippen LogP) is 4.52. The van der Waals surface area contributed by atoms with Crippen LogP contribution in [0.4, 0.5) is 5.69 Å². The lowest BCUT2D eigenvalue weighted by molar-refractivity contribution is -0.118. The molecule has 0 spiro atoms. The molecule has 0 aliphatic heterocycles. The fourth-order valence-corrected chi connectivity index (χ4v) is 3.02. The molecule has 1 atom stereocenters. The molecule has 3 aromatic rings. The second-order valence-corrected chi connectivity index (χ2v) is 6.37. The van der Waals surface area contributed by atoms with Gasteiger partial charge in [-0.3, -0.25) is 4.79 Å². The van der Waals surface area contributed by atoms with Crippen LogP contribution in [-0.4, -0.2) is 18.0 Å². The molecule has 1 N–H and O–H groups in total. The fourth-order valence-electron chi connectivity index (χ4n) is 3.02. The molecule has 3 rings (SSSR count). The van der Waals surface area contributed by atoms with Gasteiger partial charge in [-0.15, -0.1) is 0 Å². The lowest BCUT2D eigenvalue weighted by Crippen LogP contribution is -2.25. The standard InChI is InChI=1S/C20H22N2O3/c1-12(2)18(14-8-10-15(24-4)11-9-14)20(23)22-17-7-5-6-16-19(17)25-13(3)21-16/h5-12,18H,1-4H3,(H,22,23). The second-order valence-electron chi connectivity index (χ2n) is 6.37. The number of nitrogens with zero attached hydrogens (tertiary/aromatic N) is 1. The summed E-state index contributed by atoms with van der Waals surface area (Å²) in [5.41, 5.74) is 2.93. The molecule has 0 radical (unpaired) electrons. The molecule has 1 aromatic heterocycles. The Morgan fingerprint density at radius 2 is 1.88 bits per heavy atom. The number of nitrogens with one attached hydrogen (secondary N) is 1. The van der Waals surface area contributed by atoms with Gasteiger partial charge in [-0.1, -0.05) is 32.0 Å². The number of fused-ring (bicyclic) bond motifs is 1. The summed E-state index contributed by atoms with van der Waals surface area (Å²) in [4.78, 5) is 17.3. The molecular formula is C20H22N2O3. The first kappa shape index (κ1) is 17.0. The molecular weight excluding hydrogens is 316 g/mol. The Morgan fingerprint density at radius 3 is 2.52 bits per heavy atom. The van der Waals surface area contributed by atoms with Gasteiger partial charge in [-0.25, -0.2) is 4.98 Å². The molecule has 1 heterocycles. The minimum atomic E-state index is -0.273. The van der Waals surface area contributed by atoms with Gasteiger partial charge in [0, 0.05) is 6.92 Å². The summed E-state index contributed by atoms with van der Waals surface area (Å²) in [6.07, 6.45) is 0. The number of methoxy groups -OCH3 is 1. The second kappa shape index (κ2) is 6.97. The van der Waals surface area contributed by atoms with Gasteiger partial charge >= 0.3 is 0 Å². The van der Waals surface area contributed by atoms with Crippen LogP contribution in [0.1, 0.15) is 31.2 Å². The highest BCUT2D eigenvalue weighted by Crippen LogP contribution is 2.30. The molecule has 0 bridgehead atoms. The Bertz CT molecular complexity index is 882. The van der Waals surface area contributed by atoms with Crippen molar-refractivity contribution in [1.29, 1.82) is 0 Å². The number of oxazole rings is 1. The highest BCUT2D eigenvalue weighted by atomic mass is 16.5. The number of carbonyl (C=O) groups excluding carboxylic acids is 1. The number of carbonyl (C=O) groups is 1. The van der Waals surface area contributed by atoms with E-state index in [4.69, 9.17) is 9.15 Å². The molecule has 0 saturated heterocycles. The maximum Gasteiger partial charge on any atom is 0.232 e. The van der Waals surface area contributed by atoms with E-state index in [-0.39, 0.29) is 17.7 Å². The van der Waals surface area contributed by atoms with Crippen LogP contribution < -0.4 is 10.1 Å². The lowest BCUT2D eigenvalue weighted by Gasteiger charge is -2.21. The van der Waals surface area contributed by atoms with Gasteiger partial charge in [0.15, 0.2) is 11.5 Å². The minimum Gasteiger partial charge on any atom is -0.497 e. The van der Waals surface area contributed by atoms with Crippen LogP contribution in [0.15, 0.2) is 46.9 Å². The average molecular weight is 338 g/mol. The Labute approximate surface area is 147 Å². The average Bonchev–Trinajstić information content (AvgIpc) is 2.96. The number of amides is 1. The van der Waals surface area contributed by atoms with Gasteiger partial charge in [-0.05, 0) is 35.7 Å². The number of aryl methyl sites for hydroxylation is 1. The van der Waals surface area contributed by atoms with E-state index in [1.165, 1.54) is 0 Å². The highest BCUT2D eigenvalue weighted by molar-refractivity contribution is 6.01. The summed E-state index contributed by atoms with van der Waals surface area (Å²) in [6, 6.07) is 13.2. The van der Waals surface area contributed by atoms with E-state index in [1.807, 2.05) is 56.3 Å². The monoisotopic (exact) mass is 338 g/mol. The molecule has 25 heavy (non-hydrogen) atoms. The number of ether oxygens (including phenoxy) is 1. The third kappa shape index (κ3) is 3.50. The van der Waals surface area contributed by atoms with Gasteiger partial charge in [-0.2, -0.15) is 0 Å². The first-order chi connectivity index (χ1) is 12.0. The van der Waals surface area contributed by atoms with Gasteiger partial charge in [0.1, 0.15) is 11.3 Å². The van der Waals surface area contributed by atoms with Crippen molar-refractivity contribution >= 4 is 22.7 Å². The lowest BCUT2D eigenvalue weighted by atomic mass is 9.87. The van der Waals surface area contributed by atoms with Crippen LogP contribution in [0.2, 0.25) is 0 Å². The van der Waals surface area contributed by atoms with Crippen molar-refractivity contribution in [3.63, 3.8) is 0 Å². The van der Waals surface area contributed by atoms with Crippen molar-refractivity contribution in [2.75, 3.05) is 12.4 Å². The SMILES string of the molecule is COc1ccc(C(C(=O)Nc2cccc3nc(C)oc23)C(C)C)cc1. The van der Waals surface area contributed by atoms with Crippen LogP contribution >= 0.6 is 0 Å². The molecule has 2 aromatic carbocycles. The largest absolute Gasteiger partial charge is 0.497 e. The highest BCUT2D eigenvalue weighted by Gasteiger charge is 2.25. The first-order valence-electron chi connectivity index (χ1n) is 8.30. The normalized spacial score (nSPS) is 12.4. The van der Waals surface area contributed by atoms with E-state index in [2.05, 4.69) is 10.3 Å². The quantitative estimate of drug-likeness (QED) is 0.743. The summed E-state index contributed by atoms with van der Waals surface area (Å²) in [5, 5.41) is 3.00. The summed E-state index contributed by atoms with van der Waals surface area (Å²) in [5.74, 6) is 1.15. The van der Waals surface area contributed by atoms with Crippen molar-refractivity contribution in [2.24, 2.45) is 5.92 Å². The molecule has 0 aliphatic carbocycles. The zero-order chi connectivity index (χ0) is 18.0. The van der Waals surface area contributed by atoms with Gasteiger partial charge in [0.25, 0.3) is 0 Å². The Morgan fingerprint density at radius 1 is 1.16 bits per heavy atom. The van der Waals surface area contributed by atoms with Crippen molar-refractivity contribution in [2.45, 2.75) is 26.7 Å². The number of aromatic nitrogens is 1. The van der Waals surface area contributed by atoms with Gasteiger partial charge in [0.2, 0.25) is 5.91 Å². The zero-order valence-corrected chi connectivity index (χ0v) is 14.9. The third-order valence-corrected chi connectivity index (χ3v) is 4.20. The van der Waals surface area contributed by atoms with E-state index < -0.39 is 0 Å².